The average Bonchev–Trinajstić information content (AvgIpc) is 2.60. The fourth-order valence-electron chi connectivity index (χ4n) is 2.44. The van der Waals surface area contributed by atoms with Gasteiger partial charge in [-0.05, 0) is 36.2 Å². The normalized spacial score (nSPS) is 11.2. The molecule has 0 unspecified atom stereocenters. The van der Waals surface area contributed by atoms with E-state index in [1.54, 1.807) is 18.2 Å². The molecule has 8 heteroatoms. The second kappa shape index (κ2) is 8.31. The van der Waals surface area contributed by atoms with Crippen LogP contribution in [0.4, 0.5) is 18.9 Å². The SMILES string of the molecule is COc1cccc(CCC(=O)Nc2ccc(Cl)c(C(F)(F)F)c2)c1OC. The van der Waals surface area contributed by atoms with Gasteiger partial charge in [0.1, 0.15) is 0 Å². The van der Waals surface area contributed by atoms with E-state index in [4.69, 9.17) is 21.1 Å². The fourth-order valence-corrected chi connectivity index (χ4v) is 2.67. The van der Waals surface area contributed by atoms with Crippen molar-refractivity contribution in [2.24, 2.45) is 0 Å². The van der Waals surface area contributed by atoms with Gasteiger partial charge in [-0.1, -0.05) is 23.7 Å². The minimum absolute atomic E-state index is 0.0318. The van der Waals surface area contributed by atoms with Crippen LogP contribution in [0.15, 0.2) is 36.4 Å². The van der Waals surface area contributed by atoms with Gasteiger partial charge in [0.05, 0.1) is 24.8 Å². The van der Waals surface area contributed by atoms with Crippen LogP contribution in [-0.2, 0) is 17.4 Å². The van der Waals surface area contributed by atoms with Gasteiger partial charge in [-0.3, -0.25) is 4.79 Å². The Morgan fingerprint density at radius 2 is 1.88 bits per heavy atom. The van der Waals surface area contributed by atoms with Crippen LogP contribution in [0.2, 0.25) is 5.02 Å². The van der Waals surface area contributed by atoms with E-state index in [0.29, 0.717) is 17.9 Å². The Kier molecular flexibility index (Phi) is 6.37. The highest BCUT2D eigenvalue weighted by Crippen LogP contribution is 2.36. The zero-order valence-electron chi connectivity index (χ0n) is 14.1. The predicted octanol–water partition coefficient (Wildman–Crippen LogP) is 4.95. The quantitative estimate of drug-likeness (QED) is 0.763. The number of anilines is 1. The van der Waals surface area contributed by atoms with Gasteiger partial charge in [0, 0.05) is 12.1 Å². The van der Waals surface area contributed by atoms with Crippen molar-refractivity contribution < 1.29 is 27.4 Å². The highest BCUT2D eigenvalue weighted by Gasteiger charge is 2.33. The topological polar surface area (TPSA) is 47.6 Å². The number of methoxy groups -OCH3 is 2. The van der Waals surface area contributed by atoms with Crippen molar-refractivity contribution in [2.75, 3.05) is 19.5 Å². The monoisotopic (exact) mass is 387 g/mol. The molecule has 2 rings (SSSR count). The fraction of sp³-hybridized carbons (Fsp3) is 0.278. The maximum atomic E-state index is 12.9. The Labute approximate surface area is 153 Å². The summed E-state index contributed by atoms with van der Waals surface area (Å²) >= 11 is 5.56. The van der Waals surface area contributed by atoms with Gasteiger partial charge >= 0.3 is 6.18 Å². The van der Waals surface area contributed by atoms with Crippen LogP contribution >= 0.6 is 11.6 Å². The Bertz CT molecular complexity index is 794. The summed E-state index contributed by atoms with van der Waals surface area (Å²) in [7, 11) is 3.00. The molecule has 0 saturated heterocycles. The predicted molar refractivity (Wildman–Crippen MR) is 93.0 cm³/mol. The zero-order valence-corrected chi connectivity index (χ0v) is 14.9. The number of hydrogen-bond acceptors (Lipinski definition) is 3. The summed E-state index contributed by atoms with van der Waals surface area (Å²) in [6.07, 6.45) is -4.19. The van der Waals surface area contributed by atoms with Gasteiger partial charge < -0.3 is 14.8 Å². The number of alkyl halides is 3. The van der Waals surface area contributed by atoms with Crippen molar-refractivity contribution in [3.63, 3.8) is 0 Å². The zero-order chi connectivity index (χ0) is 19.3. The molecule has 0 aliphatic rings. The van der Waals surface area contributed by atoms with Crippen molar-refractivity contribution in [1.29, 1.82) is 0 Å². The summed E-state index contributed by atoms with van der Waals surface area (Å²) in [6, 6.07) is 8.52. The minimum Gasteiger partial charge on any atom is -0.493 e. The summed E-state index contributed by atoms with van der Waals surface area (Å²) in [4.78, 5) is 12.1. The summed E-state index contributed by atoms with van der Waals surface area (Å²) < 4.78 is 49.1. The van der Waals surface area contributed by atoms with Crippen LogP contribution in [0.5, 0.6) is 11.5 Å². The second-order valence-electron chi connectivity index (χ2n) is 5.39. The Balaban J connectivity index is 2.07. The Morgan fingerprint density at radius 3 is 2.50 bits per heavy atom. The van der Waals surface area contributed by atoms with Gasteiger partial charge in [-0.25, -0.2) is 0 Å². The number of para-hydroxylation sites is 1. The van der Waals surface area contributed by atoms with Gasteiger partial charge in [0.25, 0.3) is 0 Å². The van der Waals surface area contributed by atoms with E-state index in [1.165, 1.54) is 20.3 Å². The third kappa shape index (κ3) is 4.82. The van der Waals surface area contributed by atoms with E-state index in [2.05, 4.69) is 5.32 Å². The Hall–Kier alpha value is -2.41. The summed E-state index contributed by atoms with van der Waals surface area (Å²) in [5.41, 5.74) is -0.204. The van der Waals surface area contributed by atoms with Crippen molar-refractivity contribution in [3.8, 4) is 11.5 Å². The third-order valence-corrected chi connectivity index (χ3v) is 3.99. The lowest BCUT2D eigenvalue weighted by molar-refractivity contribution is -0.137. The lowest BCUT2D eigenvalue weighted by atomic mass is 10.1. The lowest BCUT2D eigenvalue weighted by Gasteiger charge is -2.13. The smallest absolute Gasteiger partial charge is 0.417 e. The number of carbonyl (C=O) groups is 1. The van der Waals surface area contributed by atoms with Crippen molar-refractivity contribution >= 4 is 23.2 Å². The molecule has 0 bridgehead atoms. The van der Waals surface area contributed by atoms with Gasteiger partial charge in [0.15, 0.2) is 11.5 Å². The number of hydrogen-bond donors (Lipinski definition) is 1. The first kappa shape index (κ1) is 19.9. The van der Waals surface area contributed by atoms with Crippen molar-refractivity contribution in [2.45, 2.75) is 19.0 Å². The van der Waals surface area contributed by atoms with Crippen LogP contribution in [-0.4, -0.2) is 20.1 Å². The molecule has 0 aliphatic carbocycles. The molecule has 0 saturated carbocycles. The molecular formula is C18H17ClF3NO3. The van der Waals surface area contributed by atoms with E-state index in [-0.39, 0.29) is 12.1 Å². The molecule has 0 spiro atoms. The molecule has 4 nitrogen and oxygen atoms in total. The van der Waals surface area contributed by atoms with Gasteiger partial charge in [0.2, 0.25) is 5.91 Å². The van der Waals surface area contributed by atoms with E-state index < -0.39 is 22.7 Å². The molecule has 1 amide bonds. The van der Waals surface area contributed by atoms with Crippen LogP contribution < -0.4 is 14.8 Å². The summed E-state index contributed by atoms with van der Waals surface area (Å²) in [5.74, 6) is 0.636. The maximum Gasteiger partial charge on any atom is 0.417 e. The largest absolute Gasteiger partial charge is 0.493 e. The van der Waals surface area contributed by atoms with E-state index >= 15 is 0 Å². The summed E-state index contributed by atoms with van der Waals surface area (Å²) in [5, 5.41) is 2.03. The number of halogens is 4. The second-order valence-corrected chi connectivity index (χ2v) is 5.80. The van der Waals surface area contributed by atoms with E-state index in [9.17, 15) is 18.0 Å². The molecule has 0 fully saturated rings. The molecular weight excluding hydrogens is 371 g/mol. The van der Waals surface area contributed by atoms with Crippen LogP contribution in [0.3, 0.4) is 0 Å². The van der Waals surface area contributed by atoms with E-state index in [0.717, 1.165) is 17.7 Å². The van der Waals surface area contributed by atoms with Gasteiger partial charge in [-0.2, -0.15) is 13.2 Å². The molecule has 0 atom stereocenters. The maximum absolute atomic E-state index is 12.9. The number of aryl methyl sites for hydroxylation is 1. The third-order valence-electron chi connectivity index (χ3n) is 3.66. The highest BCUT2D eigenvalue weighted by molar-refractivity contribution is 6.31. The van der Waals surface area contributed by atoms with Crippen molar-refractivity contribution in [1.82, 2.24) is 0 Å². The first-order valence-corrected chi connectivity index (χ1v) is 8.00. The molecule has 2 aromatic rings. The number of rotatable bonds is 6. The van der Waals surface area contributed by atoms with Crippen LogP contribution in [0.1, 0.15) is 17.5 Å². The minimum atomic E-state index is -4.59. The first-order valence-electron chi connectivity index (χ1n) is 7.62. The summed E-state index contributed by atoms with van der Waals surface area (Å²) in [6.45, 7) is 0. The molecule has 2 aromatic carbocycles. The molecule has 140 valence electrons. The van der Waals surface area contributed by atoms with E-state index in [1.807, 2.05) is 0 Å². The number of ether oxygens (including phenoxy) is 2. The molecule has 1 N–H and O–H groups in total. The molecule has 0 heterocycles. The van der Waals surface area contributed by atoms with Crippen LogP contribution in [0.25, 0.3) is 0 Å². The molecule has 0 aliphatic heterocycles. The first-order chi connectivity index (χ1) is 12.3. The standard InChI is InChI=1S/C18H17ClF3NO3/c1-25-15-5-3-4-11(17(15)26-2)6-9-16(24)23-12-7-8-14(19)13(10-12)18(20,21)22/h3-5,7-8,10H,6,9H2,1-2H3,(H,23,24). The van der Waals surface area contributed by atoms with Gasteiger partial charge in [-0.15, -0.1) is 0 Å². The van der Waals surface area contributed by atoms with Crippen LogP contribution in [0, 0.1) is 0 Å². The lowest BCUT2D eigenvalue weighted by Crippen LogP contribution is -2.14. The average molecular weight is 388 g/mol. The number of amides is 1. The highest BCUT2D eigenvalue weighted by atomic mass is 35.5. The molecule has 26 heavy (non-hydrogen) atoms. The number of carbonyl (C=O) groups excluding carboxylic acids is 1. The number of nitrogens with one attached hydrogen (secondary N) is 1. The molecule has 0 radical (unpaired) electrons. The molecule has 0 aromatic heterocycles. The van der Waals surface area contributed by atoms with Crippen molar-refractivity contribution in [3.05, 3.63) is 52.5 Å². The Morgan fingerprint density at radius 1 is 1.15 bits per heavy atom. The number of benzene rings is 2.